The smallest absolute Gasteiger partial charge is 0.130 e. The number of Topliss-reactive ketones (excluding diaryl/α,β-unsaturated/α-hetero) is 1. The summed E-state index contributed by atoms with van der Waals surface area (Å²) in [5, 5.41) is 0. The van der Waals surface area contributed by atoms with Crippen LogP contribution in [0.3, 0.4) is 0 Å². The highest BCUT2D eigenvalue weighted by molar-refractivity contribution is 5.76. The molecule has 2 heteroatoms. The number of hydrogen-bond acceptors (Lipinski definition) is 2. The molecule has 62 valence electrons. The Labute approximate surface area is 67.0 Å². The van der Waals surface area contributed by atoms with E-state index in [1.165, 1.54) is 0 Å². The van der Waals surface area contributed by atoms with E-state index in [1.54, 1.807) is 6.92 Å². The number of ketones is 1. The lowest BCUT2D eigenvalue weighted by molar-refractivity contribution is -0.118. The molecule has 0 aliphatic heterocycles. The van der Waals surface area contributed by atoms with Gasteiger partial charge in [-0.1, -0.05) is 6.42 Å². The largest absolute Gasteiger partial charge is 0.303 e. The van der Waals surface area contributed by atoms with Crippen molar-refractivity contribution in [2.24, 2.45) is 11.8 Å². The van der Waals surface area contributed by atoms with E-state index in [1.807, 2.05) is 0 Å². The molecule has 1 saturated carbocycles. The second-order valence-corrected chi connectivity index (χ2v) is 3.40. The van der Waals surface area contributed by atoms with Crippen LogP contribution in [0.4, 0.5) is 0 Å². The van der Waals surface area contributed by atoms with Crippen LogP contribution in [0.15, 0.2) is 0 Å². The second-order valence-electron chi connectivity index (χ2n) is 3.40. The maximum atomic E-state index is 10.7. The van der Waals surface area contributed by atoms with E-state index < -0.39 is 0 Å². The van der Waals surface area contributed by atoms with Gasteiger partial charge in [0, 0.05) is 12.3 Å². The number of hydrogen-bond donors (Lipinski definition) is 0. The first-order chi connectivity index (χ1) is 5.24. The third-order valence-corrected chi connectivity index (χ3v) is 2.44. The lowest BCUT2D eigenvalue weighted by atomic mass is 9.93. The molecule has 2 atom stereocenters. The van der Waals surface area contributed by atoms with Crippen molar-refractivity contribution in [3.63, 3.8) is 0 Å². The lowest BCUT2D eigenvalue weighted by Crippen LogP contribution is -2.12. The van der Waals surface area contributed by atoms with Gasteiger partial charge in [0.05, 0.1) is 0 Å². The average molecular weight is 154 g/mol. The van der Waals surface area contributed by atoms with Crippen LogP contribution in [0.2, 0.25) is 0 Å². The highest BCUT2D eigenvalue weighted by Gasteiger charge is 2.27. The molecule has 1 fully saturated rings. The van der Waals surface area contributed by atoms with E-state index >= 15 is 0 Å². The molecule has 11 heavy (non-hydrogen) atoms. The molecule has 1 aliphatic carbocycles. The molecule has 0 aromatic carbocycles. The van der Waals surface area contributed by atoms with Gasteiger partial charge in [-0.25, -0.2) is 0 Å². The Morgan fingerprint density at radius 1 is 1.55 bits per heavy atom. The summed E-state index contributed by atoms with van der Waals surface area (Å²) in [6.45, 7) is 1.60. The Hall–Kier alpha value is -0.660. The van der Waals surface area contributed by atoms with Crippen LogP contribution in [0.25, 0.3) is 0 Å². The van der Waals surface area contributed by atoms with Crippen LogP contribution < -0.4 is 0 Å². The monoisotopic (exact) mass is 154 g/mol. The van der Waals surface area contributed by atoms with Gasteiger partial charge in [-0.15, -0.1) is 0 Å². The summed E-state index contributed by atoms with van der Waals surface area (Å²) in [6.07, 6.45) is 4.77. The van der Waals surface area contributed by atoms with Crippen LogP contribution >= 0.6 is 0 Å². The molecule has 0 unspecified atom stereocenters. The third kappa shape index (κ3) is 2.14. The van der Waals surface area contributed by atoms with Crippen LogP contribution in [0, 0.1) is 11.8 Å². The van der Waals surface area contributed by atoms with Crippen molar-refractivity contribution in [2.75, 3.05) is 0 Å². The van der Waals surface area contributed by atoms with E-state index in [0.29, 0.717) is 12.3 Å². The van der Waals surface area contributed by atoms with Gasteiger partial charge in [0.25, 0.3) is 0 Å². The Balaban J connectivity index is 2.43. The molecule has 1 aliphatic rings. The molecule has 0 amide bonds. The fourth-order valence-electron chi connectivity index (χ4n) is 1.87. The van der Waals surface area contributed by atoms with Crippen LogP contribution in [0.1, 0.15) is 32.6 Å². The Bertz CT molecular complexity index is 163. The van der Waals surface area contributed by atoms with Crippen LogP contribution in [0.5, 0.6) is 0 Å². The highest BCUT2D eigenvalue weighted by Crippen LogP contribution is 2.32. The summed E-state index contributed by atoms with van der Waals surface area (Å²) in [4.78, 5) is 21.2. The van der Waals surface area contributed by atoms with Crippen molar-refractivity contribution in [2.45, 2.75) is 32.6 Å². The molecule has 2 nitrogen and oxygen atoms in total. The topological polar surface area (TPSA) is 34.1 Å². The van der Waals surface area contributed by atoms with Gasteiger partial charge in [0.1, 0.15) is 12.1 Å². The minimum atomic E-state index is 0.166. The standard InChI is InChI=1S/C9H14O2/c1-7(11)5-8-3-2-4-9(8)6-10/h6,8-9H,2-5H2,1H3/t8-,9+/m0/s1. The van der Waals surface area contributed by atoms with Gasteiger partial charge in [0.15, 0.2) is 0 Å². The number of rotatable bonds is 3. The van der Waals surface area contributed by atoms with Gasteiger partial charge in [0.2, 0.25) is 0 Å². The molecular formula is C9H14O2. The summed E-state index contributed by atoms with van der Waals surface area (Å²) in [7, 11) is 0. The summed E-state index contributed by atoms with van der Waals surface area (Å²) in [5.41, 5.74) is 0. The van der Waals surface area contributed by atoms with Crippen molar-refractivity contribution >= 4 is 12.1 Å². The van der Waals surface area contributed by atoms with E-state index in [4.69, 9.17) is 0 Å². The van der Waals surface area contributed by atoms with Gasteiger partial charge in [-0.3, -0.25) is 0 Å². The van der Waals surface area contributed by atoms with Crippen LogP contribution in [-0.4, -0.2) is 12.1 Å². The first-order valence-corrected chi connectivity index (χ1v) is 4.18. The predicted molar refractivity (Wildman–Crippen MR) is 42.2 cm³/mol. The number of aldehydes is 1. The zero-order chi connectivity index (χ0) is 8.27. The molecular weight excluding hydrogens is 140 g/mol. The van der Waals surface area contributed by atoms with Gasteiger partial charge in [-0.2, -0.15) is 0 Å². The normalized spacial score (nSPS) is 30.3. The van der Waals surface area contributed by atoms with E-state index in [0.717, 1.165) is 25.5 Å². The molecule has 0 spiro atoms. The van der Waals surface area contributed by atoms with Crippen molar-refractivity contribution < 1.29 is 9.59 Å². The molecule has 0 aromatic heterocycles. The minimum absolute atomic E-state index is 0.166. The highest BCUT2D eigenvalue weighted by atomic mass is 16.1. The third-order valence-electron chi connectivity index (χ3n) is 2.44. The van der Waals surface area contributed by atoms with Gasteiger partial charge in [-0.05, 0) is 25.7 Å². The minimum Gasteiger partial charge on any atom is -0.303 e. The average Bonchev–Trinajstić information content (AvgIpc) is 2.34. The lowest BCUT2D eigenvalue weighted by Gasteiger charge is -2.10. The van der Waals surface area contributed by atoms with E-state index in [9.17, 15) is 9.59 Å². The van der Waals surface area contributed by atoms with Crippen LogP contribution in [-0.2, 0) is 9.59 Å². The van der Waals surface area contributed by atoms with E-state index in [2.05, 4.69) is 0 Å². The fraction of sp³-hybridized carbons (Fsp3) is 0.778. The Kier molecular flexibility index (Phi) is 2.80. The summed E-state index contributed by atoms with van der Waals surface area (Å²) in [6, 6.07) is 0. The van der Waals surface area contributed by atoms with Crippen molar-refractivity contribution in [1.29, 1.82) is 0 Å². The molecule has 0 aromatic rings. The summed E-state index contributed by atoms with van der Waals surface area (Å²) in [5.74, 6) is 0.729. The summed E-state index contributed by atoms with van der Waals surface area (Å²) >= 11 is 0. The van der Waals surface area contributed by atoms with Gasteiger partial charge < -0.3 is 9.59 Å². The quantitative estimate of drug-likeness (QED) is 0.578. The summed E-state index contributed by atoms with van der Waals surface area (Å²) < 4.78 is 0. The molecule has 0 radical (unpaired) electrons. The van der Waals surface area contributed by atoms with Crippen molar-refractivity contribution in [3.05, 3.63) is 0 Å². The maximum absolute atomic E-state index is 10.7. The second kappa shape index (κ2) is 3.65. The first kappa shape index (κ1) is 8.44. The van der Waals surface area contributed by atoms with E-state index in [-0.39, 0.29) is 11.7 Å². The predicted octanol–water partition coefficient (Wildman–Crippen LogP) is 1.58. The maximum Gasteiger partial charge on any atom is 0.130 e. The molecule has 0 saturated heterocycles. The SMILES string of the molecule is CC(=O)C[C@@H]1CCC[C@@H]1C=O. The van der Waals surface area contributed by atoms with Crippen molar-refractivity contribution in [3.8, 4) is 0 Å². The molecule has 0 bridgehead atoms. The fourth-order valence-corrected chi connectivity index (χ4v) is 1.87. The van der Waals surface area contributed by atoms with Crippen molar-refractivity contribution in [1.82, 2.24) is 0 Å². The molecule has 1 rings (SSSR count). The molecule has 0 heterocycles. The first-order valence-electron chi connectivity index (χ1n) is 4.18. The number of carbonyl (C=O) groups excluding carboxylic acids is 2. The Morgan fingerprint density at radius 3 is 2.82 bits per heavy atom. The number of carbonyl (C=O) groups is 2. The molecule has 0 N–H and O–H groups in total. The zero-order valence-electron chi connectivity index (χ0n) is 6.88. The zero-order valence-corrected chi connectivity index (χ0v) is 6.88. The Morgan fingerprint density at radius 2 is 2.27 bits per heavy atom. The van der Waals surface area contributed by atoms with Gasteiger partial charge >= 0.3 is 0 Å².